The first-order valence-electron chi connectivity index (χ1n) is 9.27. The van der Waals surface area contributed by atoms with Gasteiger partial charge in [0.15, 0.2) is 17.5 Å². The molecule has 0 saturated heterocycles. The molecule has 0 radical (unpaired) electrons. The zero-order valence-corrected chi connectivity index (χ0v) is 19.2. The minimum atomic E-state index is -0.358. The Bertz CT molecular complexity index is 727. The molecule has 5 nitrogen and oxygen atoms in total. The maximum Gasteiger partial charge on any atom is 0.191 e. The molecule has 0 bridgehead atoms. The molecule has 2 atom stereocenters. The van der Waals surface area contributed by atoms with Crippen LogP contribution in [0.25, 0.3) is 0 Å². The number of nitrogens with zero attached hydrogens (tertiary/aromatic N) is 2. The molecule has 2 rings (SSSR count). The summed E-state index contributed by atoms with van der Waals surface area (Å²) in [7, 11) is 1.73. The summed E-state index contributed by atoms with van der Waals surface area (Å²) in [6, 6.07) is 10.5. The quantitative estimate of drug-likeness (QED) is 0.324. The molecule has 0 aliphatic heterocycles. The van der Waals surface area contributed by atoms with Crippen LogP contribution < -0.4 is 15.4 Å². The largest absolute Gasteiger partial charge is 0.486 e. The van der Waals surface area contributed by atoms with E-state index in [-0.39, 0.29) is 41.6 Å². The minimum absolute atomic E-state index is 0. The third-order valence-corrected chi connectivity index (χ3v) is 4.35. The van der Waals surface area contributed by atoms with Crippen molar-refractivity contribution in [1.29, 1.82) is 0 Å². The van der Waals surface area contributed by atoms with E-state index in [1.165, 1.54) is 11.6 Å². The minimum Gasteiger partial charge on any atom is -0.486 e. The Morgan fingerprint density at radius 2 is 1.82 bits per heavy atom. The average Bonchev–Trinajstić information content (AvgIpc) is 2.67. The normalized spacial score (nSPS) is 13.4. The number of hydrogen-bond acceptors (Lipinski definition) is 3. The number of aliphatic imine (C=N–C) groups is 1. The van der Waals surface area contributed by atoms with Crippen molar-refractivity contribution >= 4 is 29.9 Å². The second kappa shape index (κ2) is 12.5. The maximum atomic E-state index is 13.7. The molecule has 28 heavy (non-hydrogen) atoms. The van der Waals surface area contributed by atoms with Crippen LogP contribution in [-0.2, 0) is 0 Å². The monoisotopic (exact) mass is 500 g/mol. The van der Waals surface area contributed by atoms with Crippen molar-refractivity contribution in [2.24, 2.45) is 10.9 Å². The van der Waals surface area contributed by atoms with Crippen LogP contribution in [0.15, 0.2) is 53.8 Å². The smallest absolute Gasteiger partial charge is 0.191 e. The summed E-state index contributed by atoms with van der Waals surface area (Å²) in [4.78, 5) is 8.48. The number of para-hydroxylation sites is 1. The van der Waals surface area contributed by atoms with Gasteiger partial charge in [-0.2, -0.15) is 0 Å². The lowest BCUT2D eigenvalue weighted by molar-refractivity contribution is 0.214. The van der Waals surface area contributed by atoms with Gasteiger partial charge in [0.25, 0.3) is 0 Å². The lowest BCUT2D eigenvalue weighted by atomic mass is 9.89. The molecule has 1 heterocycles. The van der Waals surface area contributed by atoms with Crippen LogP contribution in [0.4, 0.5) is 4.39 Å². The number of pyridine rings is 1. The SMILES string of the molecule is CN=C(NCC(C)Oc1ccccc1F)NCC(c1cccnc1)C(C)C.I. The fourth-order valence-corrected chi connectivity index (χ4v) is 2.80. The predicted molar refractivity (Wildman–Crippen MR) is 123 cm³/mol. The Labute approximate surface area is 184 Å². The molecule has 154 valence electrons. The average molecular weight is 500 g/mol. The van der Waals surface area contributed by atoms with Gasteiger partial charge in [-0.25, -0.2) is 4.39 Å². The van der Waals surface area contributed by atoms with Crippen LogP contribution in [-0.4, -0.2) is 37.2 Å². The van der Waals surface area contributed by atoms with Gasteiger partial charge in [0.05, 0.1) is 6.54 Å². The molecule has 0 aliphatic carbocycles. The number of hydrogen-bond donors (Lipinski definition) is 2. The number of benzene rings is 1. The van der Waals surface area contributed by atoms with Gasteiger partial charge in [0, 0.05) is 31.9 Å². The predicted octanol–water partition coefficient (Wildman–Crippen LogP) is 4.21. The van der Waals surface area contributed by atoms with Crippen molar-refractivity contribution in [3.8, 4) is 5.75 Å². The van der Waals surface area contributed by atoms with E-state index in [9.17, 15) is 4.39 Å². The Morgan fingerprint density at radius 3 is 2.43 bits per heavy atom. The van der Waals surface area contributed by atoms with E-state index in [0.717, 1.165) is 6.54 Å². The van der Waals surface area contributed by atoms with Gasteiger partial charge in [-0.05, 0) is 36.6 Å². The molecule has 0 aliphatic rings. The highest BCUT2D eigenvalue weighted by Crippen LogP contribution is 2.22. The number of rotatable bonds is 8. The van der Waals surface area contributed by atoms with Crippen molar-refractivity contribution in [3.05, 3.63) is 60.2 Å². The Morgan fingerprint density at radius 1 is 1.11 bits per heavy atom. The Kier molecular flexibility index (Phi) is 10.8. The molecule has 0 spiro atoms. The fourth-order valence-electron chi connectivity index (χ4n) is 2.80. The van der Waals surface area contributed by atoms with Crippen molar-refractivity contribution in [2.75, 3.05) is 20.1 Å². The lowest BCUT2D eigenvalue weighted by Gasteiger charge is -2.23. The van der Waals surface area contributed by atoms with E-state index < -0.39 is 0 Å². The molecular weight excluding hydrogens is 470 g/mol. The van der Waals surface area contributed by atoms with Gasteiger partial charge in [0.2, 0.25) is 0 Å². The number of halogens is 2. The van der Waals surface area contributed by atoms with Crippen LogP contribution in [0, 0.1) is 11.7 Å². The summed E-state index contributed by atoms with van der Waals surface area (Å²) in [6.45, 7) is 7.53. The van der Waals surface area contributed by atoms with E-state index in [0.29, 0.717) is 24.3 Å². The van der Waals surface area contributed by atoms with Crippen molar-refractivity contribution in [2.45, 2.75) is 32.8 Å². The molecular formula is C21H30FIN4O. The van der Waals surface area contributed by atoms with E-state index in [1.54, 1.807) is 31.4 Å². The van der Waals surface area contributed by atoms with Crippen LogP contribution in [0.3, 0.4) is 0 Å². The third-order valence-electron chi connectivity index (χ3n) is 4.35. The zero-order chi connectivity index (χ0) is 19.6. The van der Waals surface area contributed by atoms with Crippen molar-refractivity contribution in [3.63, 3.8) is 0 Å². The lowest BCUT2D eigenvalue weighted by Crippen LogP contribution is -2.43. The summed E-state index contributed by atoms with van der Waals surface area (Å²) in [5.41, 5.74) is 1.20. The summed E-state index contributed by atoms with van der Waals surface area (Å²) in [6.07, 6.45) is 3.48. The standard InChI is InChI=1S/C21H29FN4O.HI/c1-15(2)18(17-8-7-11-24-13-17)14-26-21(23-4)25-12-16(3)27-20-10-6-5-9-19(20)22;/h5-11,13,15-16,18H,12,14H2,1-4H3,(H2,23,25,26);1H. The summed E-state index contributed by atoms with van der Waals surface area (Å²) in [5, 5.41) is 6.59. The molecule has 0 saturated carbocycles. The van der Waals surface area contributed by atoms with E-state index in [2.05, 4.69) is 40.5 Å². The molecule has 2 unspecified atom stereocenters. The van der Waals surface area contributed by atoms with E-state index in [1.807, 2.05) is 19.2 Å². The zero-order valence-electron chi connectivity index (χ0n) is 16.9. The van der Waals surface area contributed by atoms with Crippen LogP contribution in [0.1, 0.15) is 32.3 Å². The highest BCUT2D eigenvalue weighted by atomic mass is 127. The molecule has 1 aromatic heterocycles. The van der Waals surface area contributed by atoms with Gasteiger partial charge < -0.3 is 15.4 Å². The highest BCUT2D eigenvalue weighted by Gasteiger charge is 2.17. The molecule has 7 heteroatoms. The second-order valence-electron chi connectivity index (χ2n) is 6.83. The van der Waals surface area contributed by atoms with Gasteiger partial charge in [-0.1, -0.05) is 32.0 Å². The third kappa shape index (κ3) is 7.61. The highest BCUT2D eigenvalue weighted by molar-refractivity contribution is 14.0. The fraction of sp³-hybridized carbons (Fsp3) is 0.429. The van der Waals surface area contributed by atoms with Crippen LogP contribution in [0.2, 0.25) is 0 Å². The summed E-state index contributed by atoms with van der Waals surface area (Å²) < 4.78 is 19.3. The number of guanidine groups is 1. The van der Waals surface area contributed by atoms with Crippen LogP contribution in [0.5, 0.6) is 5.75 Å². The topological polar surface area (TPSA) is 58.5 Å². The number of ether oxygens (including phenoxy) is 1. The molecule has 0 fully saturated rings. The number of nitrogens with one attached hydrogen (secondary N) is 2. The molecule has 1 aromatic carbocycles. The van der Waals surface area contributed by atoms with Gasteiger partial charge in [-0.15, -0.1) is 24.0 Å². The molecule has 2 aromatic rings. The summed E-state index contributed by atoms with van der Waals surface area (Å²) >= 11 is 0. The maximum absolute atomic E-state index is 13.7. The first kappa shape index (κ1) is 24.1. The first-order valence-corrected chi connectivity index (χ1v) is 9.27. The van der Waals surface area contributed by atoms with Gasteiger partial charge in [0.1, 0.15) is 6.10 Å². The second-order valence-corrected chi connectivity index (χ2v) is 6.83. The van der Waals surface area contributed by atoms with Gasteiger partial charge in [-0.3, -0.25) is 9.98 Å². The van der Waals surface area contributed by atoms with E-state index >= 15 is 0 Å². The Hall–Kier alpha value is -1.90. The first-order chi connectivity index (χ1) is 13.0. The van der Waals surface area contributed by atoms with Crippen LogP contribution >= 0.6 is 24.0 Å². The van der Waals surface area contributed by atoms with Crippen molar-refractivity contribution < 1.29 is 9.13 Å². The van der Waals surface area contributed by atoms with Crippen molar-refractivity contribution in [1.82, 2.24) is 15.6 Å². The van der Waals surface area contributed by atoms with Gasteiger partial charge >= 0.3 is 0 Å². The van der Waals surface area contributed by atoms with E-state index in [4.69, 9.17) is 4.74 Å². The summed E-state index contributed by atoms with van der Waals surface area (Å²) in [5.74, 6) is 1.37. The number of aromatic nitrogens is 1. The Balaban J connectivity index is 0.00000392. The molecule has 2 N–H and O–H groups in total. The molecule has 0 amide bonds.